The minimum absolute atomic E-state index is 0.0121. The highest BCUT2D eigenvalue weighted by molar-refractivity contribution is 7.99. The number of likely N-dealkylation sites (N-methyl/N-ethyl adjacent to an activating group) is 1. The van der Waals surface area contributed by atoms with Crippen LogP contribution in [-0.4, -0.2) is 62.4 Å². The van der Waals surface area contributed by atoms with Crippen molar-refractivity contribution in [3.05, 3.63) is 41.7 Å². The standard InChI is InChI=1S/C19H21N5O3S/c1-12-8-13(2)24-18(20-12)21-22-19(24)28-11-17(25)23(3)9-14-10-26-15-6-4-5-7-16(15)27-14/h4-8,14H,9-11H2,1-3H3/t14-/m1/s1. The first-order valence-corrected chi connectivity index (χ1v) is 9.94. The SMILES string of the molecule is Cc1cc(C)n2c(SCC(=O)N(C)C[C@@H]3COc4ccccc4O3)nnc2n1. The van der Waals surface area contributed by atoms with Crippen LogP contribution in [-0.2, 0) is 4.79 Å². The lowest BCUT2D eigenvalue weighted by Crippen LogP contribution is -2.42. The van der Waals surface area contributed by atoms with E-state index in [2.05, 4.69) is 15.2 Å². The summed E-state index contributed by atoms with van der Waals surface area (Å²) in [5.41, 5.74) is 1.88. The molecule has 3 heterocycles. The summed E-state index contributed by atoms with van der Waals surface area (Å²) in [4.78, 5) is 18.6. The summed E-state index contributed by atoms with van der Waals surface area (Å²) in [5.74, 6) is 2.24. The van der Waals surface area contributed by atoms with E-state index in [1.54, 1.807) is 11.9 Å². The lowest BCUT2D eigenvalue weighted by Gasteiger charge is -2.29. The number of aryl methyl sites for hydroxylation is 2. The van der Waals surface area contributed by atoms with Crippen molar-refractivity contribution in [2.45, 2.75) is 25.1 Å². The summed E-state index contributed by atoms with van der Waals surface area (Å²) in [6.07, 6.45) is -0.197. The third-order valence-corrected chi connectivity index (χ3v) is 5.37. The number of rotatable bonds is 5. The number of nitrogens with zero attached hydrogens (tertiary/aromatic N) is 5. The molecule has 0 N–H and O–H groups in total. The van der Waals surface area contributed by atoms with E-state index in [-0.39, 0.29) is 17.8 Å². The van der Waals surface area contributed by atoms with E-state index in [1.807, 2.05) is 48.6 Å². The first-order valence-electron chi connectivity index (χ1n) is 8.96. The molecule has 1 aliphatic rings. The van der Waals surface area contributed by atoms with Crippen molar-refractivity contribution in [3.8, 4) is 11.5 Å². The molecule has 3 aromatic rings. The van der Waals surface area contributed by atoms with Crippen LogP contribution in [0.2, 0.25) is 0 Å². The Morgan fingerprint density at radius 2 is 2.07 bits per heavy atom. The molecule has 1 aliphatic heterocycles. The molecule has 1 amide bonds. The van der Waals surface area contributed by atoms with Gasteiger partial charge < -0.3 is 14.4 Å². The van der Waals surface area contributed by atoms with Crippen molar-refractivity contribution in [1.29, 1.82) is 0 Å². The maximum absolute atomic E-state index is 12.6. The molecule has 0 saturated heterocycles. The number of benzene rings is 1. The fraction of sp³-hybridized carbons (Fsp3) is 0.368. The maximum Gasteiger partial charge on any atom is 0.256 e. The minimum atomic E-state index is -0.197. The molecule has 0 aliphatic carbocycles. The predicted octanol–water partition coefficient (Wildman–Crippen LogP) is 2.13. The van der Waals surface area contributed by atoms with Crippen molar-refractivity contribution in [2.24, 2.45) is 0 Å². The zero-order chi connectivity index (χ0) is 19.7. The Bertz CT molecular complexity index is 1020. The average molecular weight is 399 g/mol. The van der Waals surface area contributed by atoms with Crippen LogP contribution in [0, 0.1) is 13.8 Å². The number of carbonyl (C=O) groups is 1. The fourth-order valence-corrected chi connectivity index (χ4v) is 4.02. The summed E-state index contributed by atoms with van der Waals surface area (Å²) < 4.78 is 13.5. The lowest BCUT2D eigenvalue weighted by molar-refractivity contribution is -0.128. The van der Waals surface area contributed by atoms with E-state index in [0.717, 1.165) is 17.1 Å². The van der Waals surface area contributed by atoms with Gasteiger partial charge in [0.2, 0.25) is 5.91 Å². The van der Waals surface area contributed by atoms with Crippen LogP contribution in [0.3, 0.4) is 0 Å². The van der Waals surface area contributed by atoms with Gasteiger partial charge in [-0.05, 0) is 32.0 Å². The Kier molecular flexibility index (Phi) is 5.08. The van der Waals surface area contributed by atoms with Crippen molar-refractivity contribution < 1.29 is 14.3 Å². The molecule has 0 fully saturated rings. The third-order valence-electron chi connectivity index (χ3n) is 4.46. The van der Waals surface area contributed by atoms with Gasteiger partial charge in [-0.3, -0.25) is 9.20 Å². The van der Waals surface area contributed by atoms with E-state index < -0.39 is 0 Å². The summed E-state index contributed by atoms with van der Waals surface area (Å²) in [6, 6.07) is 9.51. The van der Waals surface area contributed by atoms with Crippen molar-refractivity contribution in [2.75, 3.05) is 26.0 Å². The van der Waals surface area contributed by atoms with Gasteiger partial charge in [0, 0.05) is 18.4 Å². The number of carbonyl (C=O) groups excluding carboxylic acids is 1. The minimum Gasteiger partial charge on any atom is -0.486 e. The van der Waals surface area contributed by atoms with Crippen LogP contribution in [0.15, 0.2) is 35.5 Å². The van der Waals surface area contributed by atoms with Gasteiger partial charge >= 0.3 is 0 Å². The van der Waals surface area contributed by atoms with Gasteiger partial charge in [-0.15, -0.1) is 10.2 Å². The second-order valence-electron chi connectivity index (χ2n) is 6.72. The van der Waals surface area contributed by atoms with Crippen LogP contribution in [0.1, 0.15) is 11.4 Å². The zero-order valence-electron chi connectivity index (χ0n) is 16.0. The molecule has 2 aromatic heterocycles. The Balaban J connectivity index is 1.35. The number of fused-ring (bicyclic) bond motifs is 2. The van der Waals surface area contributed by atoms with Crippen LogP contribution in [0.5, 0.6) is 11.5 Å². The van der Waals surface area contributed by atoms with Gasteiger partial charge in [0.15, 0.2) is 22.8 Å². The second-order valence-corrected chi connectivity index (χ2v) is 7.66. The van der Waals surface area contributed by atoms with Crippen molar-refractivity contribution in [3.63, 3.8) is 0 Å². The topological polar surface area (TPSA) is 81.9 Å². The molecular weight excluding hydrogens is 378 g/mol. The highest BCUT2D eigenvalue weighted by Gasteiger charge is 2.24. The molecule has 0 spiro atoms. The number of hydrogen-bond donors (Lipinski definition) is 0. The molecule has 0 bridgehead atoms. The summed E-state index contributed by atoms with van der Waals surface area (Å²) in [6.45, 7) is 4.76. The van der Waals surface area contributed by atoms with Crippen LogP contribution in [0.25, 0.3) is 5.78 Å². The first-order chi connectivity index (χ1) is 13.5. The molecule has 0 radical (unpaired) electrons. The average Bonchev–Trinajstić information content (AvgIpc) is 3.09. The van der Waals surface area contributed by atoms with E-state index >= 15 is 0 Å². The zero-order valence-corrected chi connectivity index (χ0v) is 16.8. The normalized spacial score (nSPS) is 15.6. The van der Waals surface area contributed by atoms with E-state index in [9.17, 15) is 4.79 Å². The Hall–Kier alpha value is -2.81. The first kappa shape index (κ1) is 18.5. The highest BCUT2D eigenvalue weighted by Crippen LogP contribution is 2.31. The monoisotopic (exact) mass is 399 g/mol. The highest BCUT2D eigenvalue weighted by atomic mass is 32.2. The Morgan fingerprint density at radius 3 is 2.89 bits per heavy atom. The van der Waals surface area contributed by atoms with Gasteiger partial charge in [-0.25, -0.2) is 4.98 Å². The third kappa shape index (κ3) is 3.75. The molecule has 146 valence electrons. The number of ether oxygens (including phenoxy) is 2. The fourth-order valence-electron chi connectivity index (χ4n) is 3.09. The molecular formula is C19H21N5O3S. The Labute approximate surface area is 166 Å². The molecule has 9 heteroatoms. The molecule has 8 nitrogen and oxygen atoms in total. The summed E-state index contributed by atoms with van der Waals surface area (Å²) in [7, 11) is 1.77. The number of thioether (sulfide) groups is 1. The largest absolute Gasteiger partial charge is 0.486 e. The molecule has 0 unspecified atom stereocenters. The van der Waals surface area contributed by atoms with Gasteiger partial charge in [-0.2, -0.15) is 0 Å². The van der Waals surface area contributed by atoms with Crippen LogP contribution in [0.4, 0.5) is 0 Å². The second kappa shape index (κ2) is 7.67. The molecule has 1 aromatic carbocycles. The number of para-hydroxylation sites is 2. The smallest absolute Gasteiger partial charge is 0.256 e. The lowest BCUT2D eigenvalue weighted by atomic mass is 10.2. The summed E-state index contributed by atoms with van der Waals surface area (Å²) >= 11 is 1.35. The predicted molar refractivity (Wildman–Crippen MR) is 105 cm³/mol. The van der Waals surface area contributed by atoms with Gasteiger partial charge in [-0.1, -0.05) is 23.9 Å². The van der Waals surface area contributed by atoms with Gasteiger partial charge in [0.05, 0.1) is 12.3 Å². The van der Waals surface area contributed by atoms with Crippen molar-refractivity contribution in [1.82, 2.24) is 24.5 Å². The van der Waals surface area contributed by atoms with Crippen molar-refractivity contribution >= 4 is 23.4 Å². The van der Waals surface area contributed by atoms with Gasteiger partial charge in [0.1, 0.15) is 6.61 Å². The maximum atomic E-state index is 12.6. The van der Waals surface area contributed by atoms with Gasteiger partial charge in [0.25, 0.3) is 5.78 Å². The molecule has 0 saturated carbocycles. The van der Waals surface area contributed by atoms with Crippen LogP contribution >= 0.6 is 11.8 Å². The number of hydrogen-bond acceptors (Lipinski definition) is 7. The van der Waals surface area contributed by atoms with E-state index in [1.165, 1.54) is 11.8 Å². The quantitative estimate of drug-likeness (QED) is 0.608. The van der Waals surface area contributed by atoms with E-state index in [4.69, 9.17) is 9.47 Å². The molecule has 28 heavy (non-hydrogen) atoms. The Morgan fingerprint density at radius 1 is 1.29 bits per heavy atom. The molecule has 1 atom stereocenters. The van der Waals surface area contributed by atoms with Crippen LogP contribution < -0.4 is 9.47 Å². The summed E-state index contributed by atoms with van der Waals surface area (Å²) in [5, 5.41) is 8.93. The molecule has 4 rings (SSSR count). The van der Waals surface area contributed by atoms with E-state index in [0.29, 0.717) is 29.8 Å². The number of aromatic nitrogens is 4. The number of amides is 1.